The Morgan fingerprint density at radius 1 is 1.35 bits per heavy atom. The van der Waals surface area contributed by atoms with Crippen LogP contribution in [0.5, 0.6) is 5.75 Å². The largest absolute Gasteiger partial charge is 0.493 e. The van der Waals surface area contributed by atoms with Gasteiger partial charge in [-0.25, -0.2) is 0 Å². The molecule has 0 bridgehead atoms. The number of rotatable bonds is 6. The third-order valence-corrected chi connectivity index (χ3v) is 3.29. The minimum atomic E-state index is 0.0198. The summed E-state index contributed by atoms with van der Waals surface area (Å²) in [5.41, 5.74) is 3.30. The van der Waals surface area contributed by atoms with Crippen LogP contribution >= 0.6 is 0 Å². The van der Waals surface area contributed by atoms with E-state index in [1.54, 1.807) is 13.3 Å². The average Bonchev–Trinajstić information content (AvgIpc) is 2.84. The molecule has 0 saturated heterocycles. The van der Waals surface area contributed by atoms with Gasteiger partial charge in [0.1, 0.15) is 5.69 Å². The van der Waals surface area contributed by atoms with Crippen molar-refractivity contribution in [3.05, 3.63) is 41.5 Å². The maximum Gasteiger partial charge on any atom is 0.161 e. The summed E-state index contributed by atoms with van der Waals surface area (Å²) in [6.07, 6.45) is 6.55. The second-order valence-corrected chi connectivity index (χ2v) is 4.84. The molecule has 1 atom stereocenters. The van der Waals surface area contributed by atoms with Crippen LogP contribution in [-0.4, -0.2) is 28.9 Å². The summed E-state index contributed by atoms with van der Waals surface area (Å²) in [5.74, 6) is 0.805. The Morgan fingerprint density at radius 3 is 2.75 bits per heavy atom. The Hall–Kier alpha value is -1.88. The molecule has 0 amide bonds. The van der Waals surface area contributed by atoms with Crippen LogP contribution in [0.4, 0.5) is 0 Å². The molecule has 0 saturated carbocycles. The lowest BCUT2D eigenvalue weighted by Crippen LogP contribution is -2.22. The lowest BCUT2D eigenvalue weighted by molar-refractivity contribution is 0.400. The lowest BCUT2D eigenvalue weighted by Gasteiger charge is -2.19. The van der Waals surface area contributed by atoms with Crippen LogP contribution in [0.3, 0.4) is 0 Å². The van der Waals surface area contributed by atoms with Gasteiger partial charge in [-0.05, 0) is 31.5 Å². The zero-order chi connectivity index (χ0) is 14.5. The number of aromatic nitrogens is 3. The van der Waals surface area contributed by atoms with E-state index in [1.807, 2.05) is 31.0 Å². The fraction of sp³-hybridized carbons (Fsp3) is 0.467. The van der Waals surface area contributed by atoms with E-state index in [-0.39, 0.29) is 6.04 Å². The van der Waals surface area contributed by atoms with Crippen LogP contribution < -0.4 is 10.1 Å². The van der Waals surface area contributed by atoms with Gasteiger partial charge in [-0.15, -0.1) is 0 Å². The molecule has 1 unspecified atom stereocenters. The molecule has 0 aliphatic rings. The molecule has 20 heavy (non-hydrogen) atoms. The highest BCUT2D eigenvalue weighted by Crippen LogP contribution is 2.29. The molecule has 0 aromatic carbocycles. The number of pyridine rings is 1. The van der Waals surface area contributed by atoms with Crippen molar-refractivity contribution < 1.29 is 4.74 Å². The summed E-state index contributed by atoms with van der Waals surface area (Å²) in [6, 6.07) is 2.16. The van der Waals surface area contributed by atoms with Crippen LogP contribution in [0.1, 0.15) is 36.2 Å². The summed E-state index contributed by atoms with van der Waals surface area (Å²) in [5, 5.41) is 7.77. The highest BCUT2D eigenvalue weighted by molar-refractivity contribution is 5.36. The summed E-state index contributed by atoms with van der Waals surface area (Å²) >= 11 is 0. The topological polar surface area (TPSA) is 52.0 Å². The first-order valence-electron chi connectivity index (χ1n) is 6.89. The first-order chi connectivity index (χ1) is 9.71. The minimum Gasteiger partial charge on any atom is -0.493 e. The van der Waals surface area contributed by atoms with Gasteiger partial charge in [0.25, 0.3) is 0 Å². The van der Waals surface area contributed by atoms with Crippen molar-refractivity contribution in [1.82, 2.24) is 20.1 Å². The summed E-state index contributed by atoms with van der Waals surface area (Å²) in [4.78, 5) is 4.28. The van der Waals surface area contributed by atoms with Crippen LogP contribution in [0.2, 0.25) is 0 Å². The van der Waals surface area contributed by atoms with Crippen molar-refractivity contribution in [2.75, 3.05) is 14.2 Å². The number of nitrogens with zero attached hydrogens (tertiary/aromatic N) is 3. The number of nitrogens with one attached hydrogen (secondary N) is 1. The number of hydrogen-bond acceptors (Lipinski definition) is 4. The van der Waals surface area contributed by atoms with Gasteiger partial charge in [-0.1, -0.05) is 13.0 Å². The molecule has 1 N–H and O–H groups in total. The Balaban J connectivity index is 2.48. The normalized spacial score (nSPS) is 12.4. The number of ether oxygens (including phenoxy) is 1. The highest BCUT2D eigenvalue weighted by Gasteiger charge is 2.22. The molecule has 0 fully saturated rings. The van der Waals surface area contributed by atoms with E-state index in [4.69, 9.17) is 4.74 Å². The molecule has 0 aliphatic carbocycles. The number of hydrogen-bond donors (Lipinski definition) is 1. The van der Waals surface area contributed by atoms with Crippen molar-refractivity contribution in [3.8, 4) is 5.75 Å². The van der Waals surface area contributed by atoms with Gasteiger partial charge < -0.3 is 10.1 Å². The van der Waals surface area contributed by atoms with Crippen LogP contribution in [0, 0.1) is 6.92 Å². The van der Waals surface area contributed by atoms with E-state index in [1.165, 1.54) is 0 Å². The van der Waals surface area contributed by atoms with Crippen molar-refractivity contribution in [3.63, 3.8) is 0 Å². The standard InChI is InChI=1S/C15H22N4O/c1-5-6-19-15(13(20-4)10-18-19)14(16-3)12-7-11(2)8-17-9-12/h7-10,14,16H,5-6H2,1-4H3. The average molecular weight is 274 g/mol. The Labute approximate surface area is 120 Å². The zero-order valence-electron chi connectivity index (χ0n) is 12.6. The maximum atomic E-state index is 5.46. The van der Waals surface area contributed by atoms with Crippen LogP contribution in [0.25, 0.3) is 0 Å². The molecular weight excluding hydrogens is 252 g/mol. The monoisotopic (exact) mass is 274 g/mol. The van der Waals surface area contributed by atoms with Gasteiger partial charge in [0.15, 0.2) is 5.75 Å². The molecule has 0 spiro atoms. The van der Waals surface area contributed by atoms with Gasteiger partial charge in [0.05, 0.1) is 19.3 Å². The van der Waals surface area contributed by atoms with Crippen LogP contribution in [-0.2, 0) is 6.54 Å². The third kappa shape index (κ3) is 2.82. The second-order valence-electron chi connectivity index (χ2n) is 4.84. The number of methoxy groups -OCH3 is 1. The first-order valence-corrected chi connectivity index (χ1v) is 6.89. The van der Waals surface area contributed by atoms with E-state index in [9.17, 15) is 0 Å². The summed E-state index contributed by atoms with van der Waals surface area (Å²) in [7, 11) is 3.62. The lowest BCUT2D eigenvalue weighted by atomic mass is 10.0. The summed E-state index contributed by atoms with van der Waals surface area (Å²) in [6.45, 7) is 5.06. The fourth-order valence-corrected chi connectivity index (χ4v) is 2.41. The first kappa shape index (κ1) is 14.5. The van der Waals surface area contributed by atoms with E-state index in [0.29, 0.717) is 0 Å². The predicted octanol–water partition coefficient (Wildman–Crippen LogP) is 2.31. The van der Waals surface area contributed by atoms with E-state index < -0.39 is 0 Å². The molecule has 5 nitrogen and oxygen atoms in total. The number of aryl methyl sites for hydroxylation is 2. The molecule has 2 aromatic rings. The van der Waals surface area contributed by atoms with Crippen molar-refractivity contribution in [2.24, 2.45) is 0 Å². The Morgan fingerprint density at radius 2 is 2.15 bits per heavy atom. The molecule has 0 aliphatic heterocycles. The SMILES string of the molecule is CCCn1ncc(OC)c1C(NC)c1cncc(C)c1. The molecule has 0 radical (unpaired) electrons. The van der Waals surface area contributed by atoms with E-state index in [2.05, 4.69) is 28.4 Å². The van der Waals surface area contributed by atoms with Gasteiger partial charge in [0, 0.05) is 18.9 Å². The molecular formula is C15H22N4O. The maximum absolute atomic E-state index is 5.46. The highest BCUT2D eigenvalue weighted by atomic mass is 16.5. The molecule has 2 aromatic heterocycles. The predicted molar refractivity (Wildman–Crippen MR) is 78.9 cm³/mol. The molecule has 2 heterocycles. The smallest absolute Gasteiger partial charge is 0.161 e. The second kappa shape index (κ2) is 6.52. The van der Waals surface area contributed by atoms with E-state index in [0.717, 1.165) is 35.5 Å². The Bertz CT molecular complexity index is 565. The van der Waals surface area contributed by atoms with Gasteiger partial charge in [0.2, 0.25) is 0 Å². The molecule has 108 valence electrons. The summed E-state index contributed by atoms with van der Waals surface area (Å²) < 4.78 is 7.47. The zero-order valence-corrected chi connectivity index (χ0v) is 12.6. The Kier molecular flexibility index (Phi) is 4.74. The molecule has 2 rings (SSSR count). The van der Waals surface area contributed by atoms with Gasteiger partial charge in [-0.3, -0.25) is 9.67 Å². The van der Waals surface area contributed by atoms with Gasteiger partial charge >= 0.3 is 0 Å². The third-order valence-electron chi connectivity index (χ3n) is 3.29. The van der Waals surface area contributed by atoms with Crippen LogP contribution in [0.15, 0.2) is 24.7 Å². The van der Waals surface area contributed by atoms with Crippen molar-refractivity contribution in [2.45, 2.75) is 32.9 Å². The minimum absolute atomic E-state index is 0.0198. The molecule has 5 heteroatoms. The quantitative estimate of drug-likeness (QED) is 0.878. The fourth-order valence-electron chi connectivity index (χ4n) is 2.41. The van der Waals surface area contributed by atoms with E-state index >= 15 is 0 Å². The van der Waals surface area contributed by atoms with Crippen molar-refractivity contribution in [1.29, 1.82) is 0 Å². The van der Waals surface area contributed by atoms with Gasteiger partial charge in [-0.2, -0.15) is 5.10 Å². The van der Waals surface area contributed by atoms with Crippen molar-refractivity contribution >= 4 is 0 Å².